The van der Waals surface area contributed by atoms with Crippen molar-refractivity contribution in [3.8, 4) is 0 Å². The summed E-state index contributed by atoms with van der Waals surface area (Å²) in [4.78, 5) is 0. The molecule has 3 rings (SSSR count). The van der Waals surface area contributed by atoms with Gasteiger partial charge in [0.1, 0.15) is 0 Å². The summed E-state index contributed by atoms with van der Waals surface area (Å²) < 4.78 is 0. The highest BCUT2D eigenvalue weighted by atomic mass is 14.3. The van der Waals surface area contributed by atoms with Crippen molar-refractivity contribution >= 4 is 7.85 Å². The maximum absolute atomic E-state index is 6.48. The molecule has 0 aromatic carbocycles. The molecule has 35 heavy (non-hydrogen) atoms. The fraction of sp³-hybridized carbons (Fsp3) is 1.00. The number of hydrogen-bond donors (Lipinski definition) is 0. The van der Waals surface area contributed by atoms with E-state index in [0.29, 0.717) is 5.82 Å². The van der Waals surface area contributed by atoms with E-state index in [-0.39, 0.29) is 0 Å². The van der Waals surface area contributed by atoms with Gasteiger partial charge in [0.25, 0.3) is 0 Å². The zero-order valence-corrected chi connectivity index (χ0v) is 24.0. The molecule has 0 N–H and O–H groups in total. The third kappa shape index (κ3) is 12.9. The fourth-order valence-electron chi connectivity index (χ4n) is 8.28. The Morgan fingerprint density at radius 2 is 0.429 bits per heavy atom. The maximum atomic E-state index is 6.48. The van der Waals surface area contributed by atoms with E-state index in [1.807, 2.05) is 0 Å². The Kier molecular flexibility index (Phi) is 16.2. The van der Waals surface area contributed by atoms with Crippen molar-refractivity contribution in [2.75, 3.05) is 0 Å². The monoisotopic (exact) mass is 483 g/mol. The smallest absolute Gasteiger partial charge is 0.0699 e. The molecule has 2 radical (unpaired) electrons. The van der Waals surface area contributed by atoms with Gasteiger partial charge in [-0.25, -0.2) is 0 Å². The first-order valence-corrected chi connectivity index (χ1v) is 17.1. The highest BCUT2D eigenvalue weighted by molar-refractivity contribution is 6.11. The van der Waals surface area contributed by atoms with Crippen molar-refractivity contribution < 1.29 is 0 Å². The molecular weight excluding hydrogens is 419 g/mol. The van der Waals surface area contributed by atoms with Crippen LogP contribution in [0.15, 0.2) is 0 Å². The highest BCUT2D eigenvalue weighted by Gasteiger charge is 2.25. The zero-order valence-electron chi connectivity index (χ0n) is 24.0. The van der Waals surface area contributed by atoms with Crippen LogP contribution in [0.3, 0.4) is 0 Å². The van der Waals surface area contributed by atoms with Crippen LogP contribution in [0.1, 0.15) is 186 Å². The SMILES string of the molecule is [B]C1CCCCCCCC(C2CCCCCCCC(C3CCCCCCCCC3)CCC2)CCC1. The molecule has 3 aliphatic carbocycles. The second kappa shape index (κ2) is 19.2. The molecule has 0 spiro atoms. The van der Waals surface area contributed by atoms with Crippen LogP contribution < -0.4 is 0 Å². The van der Waals surface area contributed by atoms with Gasteiger partial charge in [0, 0.05) is 0 Å². The van der Waals surface area contributed by atoms with E-state index in [0.717, 1.165) is 23.7 Å². The van der Waals surface area contributed by atoms with E-state index < -0.39 is 0 Å². The third-order valence-electron chi connectivity index (χ3n) is 10.6. The molecule has 3 fully saturated rings. The van der Waals surface area contributed by atoms with Crippen LogP contribution >= 0.6 is 0 Å². The Bertz CT molecular complexity index is 477. The van der Waals surface area contributed by atoms with Gasteiger partial charge in [-0.1, -0.05) is 192 Å². The molecule has 0 aromatic heterocycles. The lowest BCUT2D eigenvalue weighted by Gasteiger charge is -2.32. The van der Waals surface area contributed by atoms with Crippen LogP contribution in [-0.2, 0) is 0 Å². The van der Waals surface area contributed by atoms with E-state index in [1.165, 1.54) is 154 Å². The first kappa shape index (κ1) is 29.6. The normalized spacial score (nSPS) is 33.8. The van der Waals surface area contributed by atoms with Crippen molar-refractivity contribution in [1.82, 2.24) is 0 Å². The lowest BCUT2D eigenvalue weighted by atomic mass is 9.73. The molecule has 1 heteroatoms. The Labute approximate surface area is 223 Å². The van der Waals surface area contributed by atoms with Crippen LogP contribution in [0.4, 0.5) is 0 Å². The minimum absolute atomic E-state index is 0.476. The van der Waals surface area contributed by atoms with Crippen molar-refractivity contribution in [3.05, 3.63) is 0 Å². The lowest BCUT2D eigenvalue weighted by Crippen LogP contribution is -2.19. The zero-order chi connectivity index (χ0) is 24.4. The van der Waals surface area contributed by atoms with Gasteiger partial charge in [0.15, 0.2) is 0 Å². The van der Waals surface area contributed by atoms with E-state index in [9.17, 15) is 0 Å². The van der Waals surface area contributed by atoms with E-state index in [2.05, 4.69) is 0 Å². The van der Waals surface area contributed by atoms with Crippen molar-refractivity contribution in [2.24, 2.45) is 23.7 Å². The Morgan fingerprint density at radius 1 is 0.229 bits per heavy atom. The van der Waals surface area contributed by atoms with Gasteiger partial charge in [-0.05, 0) is 23.7 Å². The van der Waals surface area contributed by atoms with Gasteiger partial charge in [0.05, 0.1) is 7.85 Å². The predicted octanol–water partition coefficient (Wildman–Crippen LogP) is 11.8. The lowest BCUT2D eigenvalue weighted by molar-refractivity contribution is 0.202. The maximum Gasteiger partial charge on any atom is 0.0699 e. The molecule has 0 amide bonds. The highest BCUT2D eigenvalue weighted by Crippen LogP contribution is 2.38. The van der Waals surface area contributed by atoms with Crippen LogP contribution in [0.2, 0.25) is 5.82 Å². The molecule has 0 heterocycles. The van der Waals surface area contributed by atoms with Crippen LogP contribution in [0, 0.1) is 23.7 Å². The molecule has 0 nitrogen and oxygen atoms in total. The average molecular weight is 483 g/mol. The molecule has 4 unspecified atom stereocenters. The summed E-state index contributed by atoms with van der Waals surface area (Å²) in [5.74, 6) is 4.58. The Hall–Kier alpha value is 0.0649. The largest absolute Gasteiger partial charge is 0.0774 e. The molecule has 0 bridgehead atoms. The van der Waals surface area contributed by atoms with Gasteiger partial charge in [-0.15, -0.1) is 0 Å². The second-order valence-corrected chi connectivity index (χ2v) is 13.4. The summed E-state index contributed by atoms with van der Waals surface area (Å²) in [6, 6.07) is 0. The molecular formula is C34H63B. The topological polar surface area (TPSA) is 0 Å². The molecule has 0 aromatic rings. The van der Waals surface area contributed by atoms with Crippen LogP contribution in [0.5, 0.6) is 0 Å². The first-order chi connectivity index (χ1) is 17.3. The summed E-state index contributed by atoms with van der Waals surface area (Å²) in [7, 11) is 6.48. The summed E-state index contributed by atoms with van der Waals surface area (Å²) in [5, 5.41) is 0. The Balaban J connectivity index is 1.57. The minimum Gasteiger partial charge on any atom is -0.0774 e. The second-order valence-electron chi connectivity index (χ2n) is 13.4. The van der Waals surface area contributed by atoms with Crippen LogP contribution in [-0.4, -0.2) is 7.85 Å². The van der Waals surface area contributed by atoms with Gasteiger partial charge < -0.3 is 0 Å². The molecule has 4 atom stereocenters. The van der Waals surface area contributed by atoms with Gasteiger partial charge in [-0.3, -0.25) is 0 Å². The quantitative estimate of drug-likeness (QED) is 0.343. The molecule has 0 aliphatic heterocycles. The van der Waals surface area contributed by atoms with Crippen molar-refractivity contribution in [3.63, 3.8) is 0 Å². The standard InChI is InChI=1S/C34H63B/c35-34-28-17-11-5-10-16-24-33(27-19-29-34)32-23-15-9-4-8-14-22-31(25-18-26-32)30-20-12-6-2-1-3-7-13-21-30/h30-34H,1-29H2. The summed E-state index contributed by atoms with van der Waals surface area (Å²) in [5.41, 5.74) is 0. The summed E-state index contributed by atoms with van der Waals surface area (Å²) >= 11 is 0. The molecule has 202 valence electrons. The van der Waals surface area contributed by atoms with E-state index in [4.69, 9.17) is 7.85 Å². The van der Waals surface area contributed by atoms with Crippen LogP contribution in [0.25, 0.3) is 0 Å². The fourth-order valence-corrected chi connectivity index (χ4v) is 8.28. The van der Waals surface area contributed by atoms with E-state index >= 15 is 0 Å². The van der Waals surface area contributed by atoms with Crippen molar-refractivity contribution in [1.29, 1.82) is 0 Å². The third-order valence-corrected chi connectivity index (χ3v) is 10.6. The predicted molar refractivity (Wildman–Crippen MR) is 157 cm³/mol. The van der Waals surface area contributed by atoms with Gasteiger partial charge in [-0.2, -0.15) is 0 Å². The Morgan fingerprint density at radius 3 is 0.771 bits per heavy atom. The van der Waals surface area contributed by atoms with Gasteiger partial charge >= 0.3 is 0 Å². The number of rotatable bonds is 2. The average Bonchev–Trinajstić information content (AvgIpc) is 2.85. The molecule has 3 aliphatic rings. The van der Waals surface area contributed by atoms with Crippen molar-refractivity contribution in [2.45, 2.75) is 192 Å². The molecule has 0 saturated heterocycles. The summed E-state index contributed by atoms with van der Waals surface area (Å²) in [6.07, 6.45) is 43.1. The molecule has 3 saturated carbocycles. The van der Waals surface area contributed by atoms with E-state index in [1.54, 1.807) is 32.1 Å². The first-order valence-electron chi connectivity index (χ1n) is 17.1. The van der Waals surface area contributed by atoms with Gasteiger partial charge in [0.2, 0.25) is 0 Å². The number of hydrogen-bond acceptors (Lipinski definition) is 0. The summed E-state index contributed by atoms with van der Waals surface area (Å²) in [6.45, 7) is 0. The minimum atomic E-state index is 0.476.